The third kappa shape index (κ3) is 4.97. The molecule has 0 spiro atoms. The van der Waals surface area contributed by atoms with E-state index in [0.29, 0.717) is 5.92 Å². The van der Waals surface area contributed by atoms with Gasteiger partial charge in [0.1, 0.15) is 0 Å². The van der Waals surface area contributed by atoms with Crippen LogP contribution >= 0.6 is 0 Å². The highest BCUT2D eigenvalue weighted by Crippen LogP contribution is 2.29. The topological polar surface area (TPSA) is 21.3 Å². The van der Waals surface area contributed by atoms with Crippen LogP contribution in [0, 0.1) is 11.8 Å². The predicted octanol–water partition coefficient (Wildman–Crippen LogP) is 2.44. The fraction of sp³-hybridized carbons (Fsp3) is 1.00. The van der Waals surface area contributed by atoms with Crippen LogP contribution in [0.3, 0.4) is 0 Å². The molecule has 2 heteroatoms. The van der Waals surface area contributed by atoms with Gasteiger partial charge in [-0.1, -0.05) is 33.1 Å². The maximum atomic E-state index is 5.66. The molecule has 1 rings (SSSR count). The fourth-order valence-corrected chi connectivity index (χ4v) is 1.77. The number of hydrogen-bond acceptors (Lipinski definition) is 2. The maximum absolute atomic E-state index is 5.66. The monoisotopic (exact) mass is 199 g/mol. The highest BCUT2D eigenvalue weighted by Gasteiger charge is 2.16. The molecule has 0 aromatic rings. The Kier molecular flexibility index (Phi) is 6.20. The summed E-state index contributed by atoms with van der Waals surface area (Å²) in [6, 6.07) is 0. The Labute approximate surface area is 88.4 Å². The Morgan fingerprint density at radius 3 is 2.79 bits per heavy atom. The van der Waals surface area contributed by atoms with Crippen LogP contribution in [0.5, 0.6) is 0 Å². The minimum atomic E-state index is 0.649. The van der Waals surface area contributed by atoms with Crippen LogP contribution in [0.25, 0.3) is 0 Å². The van der Waals surface area contributed by atoms with Gasteiger partial charge in [-0.15, -0.1) is 0 Å². The molecule has 84 valence electrons. The Hall–Kier alpha value is -0.0800. The Morgan fingerprint density at radius 1 is 1.43 bits per heavy atom. The summed E-state index contributed by atoms with van der Waals surface area (Å²) in [5.41, 5.74) is 0. The molecule has 0 bridgehead atoms. The van der Waals surface area contributed by atoms with Gasteiger partial charge in [0.2, 0.25) is 0 Å². The molecule has 1 fully saturated rings. The summed E-state index contributed by atoms with van der Waals surface area (Å²) in [4.78, 5) is 0. The first-order chi connectivity index (χ1) is 6.83. The molecule has 1 saturated carbocycles. The van der Waals surface area contributed by atoms with E-state index in [0.717, 1.165) is 32.2 Å². The average molecular weight is 199 g/mol. The van der Waals surface area contributed by atoms with E-state index < -0.39 is 0 Å². The lowest BCUT2D eigenvalue weighted by atomic mass is 9.83. The average Bonchev–Trinajstić information content (AvgIpc) is 2.11. The molecule has 0 radical (unpaired) electrons. The van der Waals surface area contributed by atoms with Gasteiger partial charge in [-0.25, -0.2) is 0 Å². The Balaban J connectivity index is 1.81. The van der Waals surface area contributed by atoms with Crippen molar-refractivity contribution in [3.05, 3.63) is 0 Å². The van der Waals surface area contributed by atoms with Crippen molar-refractivity contribution in [1.82, 2.24) is 5.32 Å². The van der Waals surface area contributed by atoms with Crippen molar-refractivity contribution in [2.75, 3.05) is 26.3 Å². The van der Waals surface area contributed by atoms with Crippen molar-refractivity contribution in [1.29, 1.82) is 0 Å². The van der Waals surface area contributed by atoms with E-state index in [-0.39, 0.29) is 0 Å². The van der Waals surface area contributed by atoms with Gasteiger partial charge in [-0.3, -0.25) is 0 Å². The normalized spacial score (nSPS) is 19.3. The number of hydrogen-bond donors (Lipinski definition) is 1. The molecule has 0 aliphatic heterocycles. The van der Waals surface area contributed by atoms with Gasteiger partial charge in [0.15, 0.2) is 0 Å². The van der Waals surface area contributed by atoms with Crippen LogP contribution in [-0.2, 0) is 4.74 Å². The van der Waals surface area contributed by atoms with Crippen LogP contribution in [-0.4, -0.2) is 26.3 Å². The van der Waals surface area contributed by atoms with E-state index in [1.807, 2.05) is 0 Å². The molecular weight excluding hydrogens is 174 g/mol. The minimum absolute atomic E-state index is 0.649. The molecule has 1 N–H and O–H groups in total. The molecule has 1 aliphatic carbocycles. The smallest absolute Gasteiger partial charge is 0.0503 e. The number of nitrogens with one attached hydrogen (secondary N) is 1. The summed E-state index contributed by atoms with van der Waals surface area (Å²) in [5.74, 6) is 1.63. The number of rotatable bonds is 8. The van der Waals surface area contributed by atoms with E-state index in [9.17, 15) is 0 Å². The molecule has 0 aromatic heterocycles. The van der Waals surface area contributed by atoms with Crippen LogP contribution < -0.4 is 5.32 Å². The van der Waals surface area contributed by atoms with Gasteiger partial charge >= 0.3 is 0 Å². The fourth-order valence-electron chi connectivity index (χ4n) is 1.77. The largest absolute Gasteiger partial charge is 0.381 e. The van der Waals surface area contributed by atoms with Crippen LogP contribution in [0.4, 0.5) is 0 Å². The summed E-state index contributed by atoms with van der Waals surface area (Å²) in [6.07, 6.45) is 5.61. The molecular formula is C12H25NO. The molecule has 1 aliphatic rings. The van der Waals surface area contributed by atoms with Gasteiger partial charge in [-0.2, -0.15) is 0 Å². The summed E-state index contributed by atoms with van der Waals surface area (Å²) in [7, 11) is 0. The molecule has 0 heterocycles. The van der Waals surface area contributed by atoms with Gasteiger partial charge in [-0.05, 0) is 31.3 Å². The standard InChI is InChI=1S/C12H25NO/c1-3-13-9-11(2)10-14-8-7-12-5-4-6-12/h11-13H,3-10H2,1-2H3. The summed E-state index contributed by atoms with van der Waals surface area (Å²) < 4.78 is 5.66. The first kappa shape index (κ1) is 12.0. The molecule has 0 aromatic carbocycles. The SMILES string of the molecule is CCNCC(C)COCCC1CCC1. The molecule has 0 amide bonds. The van der Waals surface area contributed by atoms with Crippen LogP contribution in [0.1, 0.15) is 39.5 Å². The van der Waals surface area contributed by atoms with Crippen molar-refractivity contribution in [3.8, 4) is 0 Å². The second-order valence-corrected chi connectivity index (χ2v) is 4.57. The quantitative estimate of drug-likeness (QED) is 0.606. The lowest BCUT2D eigenvalue weighted by Crippen LogP contribution is -2.24. The summed E-state index contributed by atoms with van der Waals surface area (Å²) in [6.45, 7) is 8.42. The summed E-state index contributed by atoms with van der Waals surface area (Å²) >= 11 is 0. The second-order valence-electron chi connectivity index (χ2n) is 4.57. The lowest BCUT2D eigenvalue weighted by molar-refractivity contribution is 0.0832. The second kappa shape index (κ2) is 7.24. The van der Waals surface area contributed by atoms with E-state index >= 15 is 0 Å². The predicted molar refractivity (Wildman–Crippen MR) is 60.5 cm³/mol. The molecule has 14 heavy (non-hydrogen) atoms. The van der Waals surface area contributed by atoms with E-state index in [2.05, 4.69) is 19.2 Å². The van der Waals surface area contributed by atoms with Crippen LogP contribution in [0.15, 0.2) is 0 Å². The minimum Gasteiger partial charge on any atom is -0.381 e. The number of ether oxygens (including phenoxy) is 1. The maximum Gasteiger partial charge on any atom is 0.0503 e. The van der Waals surface area contributed by atoms with E-state index in [4.69, 9.17) is 4.74 Å². The molecule has 0 saturated heterocycles. The van der Waals surface area contributed by atoms with E-state index in [1.54, 1.807) is 0 Å². The third-order valence-corrected chi connectivity index (χ3v) is 3.04. The third-order valence-electron chi connectivity index (χ3n) is 3.04. The Bertz CT molecular complexity index is 134. The van der Waals surface area contributed by atoms with E-state index in [1.165, 1.54) is 25.7 Å². The van der Waals surface area contributed by atoms with Crippen molar-refractivity contribution in [3.63, 3.8) is 0 Å². The Morgan fingerprint density at radius 2 is 2.21 bits per heavy atom. The molecule has 1 unspecified atom stereocenters. The van der Waals surface area contributed by atoms with Gasteiger partial charge in [0.05, 0.1) is 6.61 Å². The first-order valence-corrected chi connectivity index (χ1v) is 6.11. The zero-order valence-corrected chi connectivity index (χ0v) is 9.72. The van der Waals surface area contributed by atoms with Crippen LogP contribution in [0.2, 0.25) is 0 Å². The summed E-state index contributed by atoms with van der Waals surface area (Å²) in [5, 5.41) is 3.34. The lowest BCUT2D eigenvalue weighted by Gasteiger charge is -2.25. The van der Waals surface area contributed by atoms with Gasteiger partial charge in [0.25, 0.3) is 0 Å². The highest BCUT2D eigenvalue weighted by molar-refractivity contribution is 4.68. The molecule has 1 atom stereocenters. The van der Waals surface area contributed by atoms with Crippen molar-refractivity contribution in [2.24, 2.45) is 11.8 Å². The zero-order chi connectivity index (χ0) is 10.2. The highest BCUT2D eigenvalue weighted by atomic mass is 16.5. The zero-order valence-electron chi connectivity index (χ0n) is 9.72. The molecule has 2 nitrogen and oxygen atoms in total. The van der Waals surface area contributed by atoms with Crippen molar-refractivity contribution in [2.45, 2.75) is 39.5 Å². The van der Waals surface area contributed by atoms with Crippen molar-refractivity contribution < 1.29 is 4.74 Å². The van der Waals surface area contributed by atoms with Gasteiger partial charge in [0, 0.05) is 6.61 Å². The van der Waals surface area contributed by atoms with Crippen molar-refractivity contribution >= 4 is 0 Å². The van der Waals surface area contributed by atoms with Gasteiger partial charge < -0.3 is 10.1 Å². The first-order valence-electron chi connectivity index (χ1n) is 6.11.